The van der Waals surface area contributed by atoms with E-state index in [4.69, 9.17) is 0 Å². The van der Waals surface area contributed by atoms with Crippen LogP contribution in [0.5, 0.6) is 0 Å². The Kier molecular flexibility index (Phi) is 6.30. The van der Waals surface area contributed by atoms with Crippen LogP contribution in [0.1, 0.15) is 24.1 Å². The Labute approximate surface area is 144 Å². The molecule has 0 bridgehead atoms. The molecule has 3 nitrogen and oxygen atoms in total. The van der Waals surface area contributed by atoms with Gasteiger partial charge in [-0.1, -0.05) is 40.2 Å². The molecule has 1 unspecified atom stereocenters. The van der Waals surface area contributed by atoms with E-state index in [0.717, 1.165) is 20.5 Å². The molecule has 5 heteroatoms. The molecule has 2 aromatic rings. The smallest absolute Gasteiger partial charge is 0.275 e. The second-order valence-electron chi connectivity index (χ2n) is 5.78. The summed E-state index contributed by atoms with van der Waals surface area (Å²) in [6.07, 6.45) is 0. The number of carbonyl (C=O) groups excluding carboxylic acids is 1. The zero-order valence-electron chi connectivity index (χ0n) is 13.3. The van der Waals surface area contributed by atoms with Crippen LogP contribution in [0.2, 0.25) is 0 Å². The van der Waals surface area contributed by atoms with Gasteiger partial charge in [0.25, 0.3) is 5.91 Å². The van der Waals surface area contributed by atoms with Crippen molar-refractivity contribution in [2.24, 2.45) is 0 Å². The van der Waals surface area contributed by atoms with Gasteiger partial charge in [0, 0.05) is 10.0 Å². The van der Waals surface area contributed by atoms with Gasteiger partial charge in [-0.3, -0.25) is 4.79 Å². The molecule has 0 aliphatic heterocycles. The lowest BCUT2D eigenvalue weighted by Crippen LogP contribution is -3.08. The van der Waals surface area contributed by atoms with Gasteiger partial charge >= 0.3 is 0 Å². The van der Waals surface area contributed by atoms with Crippen LogP contribution in [-0.2, 0) is 11.3 Å². The summed E-state index contributed by atoms with van der Waals surface area (Å²) in [6, 6.07) is 14.3. The normalized spacial score (nSPS) is 13.4. The van der Waals surface area contributed by atoms with Crippen LogP contribution >= 0.6 is 15.9 Å². The van der Waals surface area contributed by atoms with E-state index in [1.54, 1.807) is 6.07 Å². The van der Waals surface area contributed by atoms with Crippen LogP contribution in [-0.4, -0.2) is 19.5 Å². The van der Waals surface area contributed by atoms with Gasteiger partial charge in [-0.25, -0.2) is 4.39 Å². The molecule has 0 fully saturated rings. The maximum absolute atomic E-state index is 13.2. The van der Waals surface area contributed by atoms with Gasteiger partial charge in [-0.15, -0.1) is 0 Å². The first-order chi connectivity index (χ1) is 10.9. The van der Waals surface area contributed by atoms with Gasteiger partial charge in [-0.2, -0.15) is 0 Å². The van der Waals surface area contributed by atoms with E-state index in [-0.39, 0.29) is 17.8 Å². The second-order valence-corrected chi connectivity index (χ2v) is 6.70. The molecule has 0 aliphatic carbocycles. The molecule has 2 N–H and O–H groups in total. The Bertz CT molecular complexity index is 660. The highest BCUT2D eigenvalue weighted by atomic mass is 79.9. The van der Waals surface area contributed by atoms with Crippen molar-refractivity contribution in [3.05, 3.63) is 69.9 Å². The third kappa shape index (κ3) is 5.77. The minimum absolute atomic E-state index is 0.0191. The molecule has 0 aromatic heterocycles. The average Bonchev–Trinajstić information content (AvgIpc) is 2.47. The number of rotatable bonds is 6. The maximum atomic E-state index is 13.2. The molecule has 2 aromatic carbocycles. The molecule has 122 valence electrons. The Morgan fingerprint density at radius 3 is 2.61 bits per heavy atom. The number of quaternary nitrogens is 1. The second kappa shape index (κ2) is 8.22. The number of benzene rings is 2. The van der Waals surface area contributed by atoms with Crippen LogP contribution in [0.15, 0.2) is 53.0 Å². The molecule has 0 spiro atoms. The number of amides is 1. The highest BCUT2D eigenvalue weighted by Crippen LogP contribution is 2.16. The molecule has 0 radical (unpaired) electrons. The van der Waals surface area contributed by atoms with Crippen molar-refractivity contribution in [3.8, 4) is 0 Å². The molecule has 1 amide bonds. The number of hydrogen-bond donors (Lipinski definition) is 2. The Balaban J connectivity index is 1.85. The van der Waals surface area contributed by atoms with E-state index in [0.29, 0.717) is 13.1 Å². The average molecular weight is 380 g/mol. The molecule has 2 rings (SSSR count). The first-order valence-corrected chi connectivity index (χ1v) is 8.34. The number of carbonyl (C=O) groups is 1. The monoisotopic (exact) mass is 379 g/mol. The standard InChI is InChI=1S/C18H20BrFN2O/c1-13(15-6-8-16(19)9-7-15)21-18(23)12-22(2)11-14-4-3-5-17(20)10-14/h3-10,13H,11-12H2,1-2H3,(H,21,23)/p+1/t13-/m1/s1. The number of hydrogen-bond acceptors (Lipinski definition) is 1. The van der Waals surface area contributed by atoms with E-state index in [1.165, 1.54) is 12.1 Å². The van der Waals surface area contributed by atoms with E-state index >= 15 is 0 Å². The minimum atomic E-state index is -0.247. The summed E-state index contributed by atoms with van der Waals surface area (Å²) in [5.74, 6) is -0.266. The summed E-state index contributed by atoms with van der Waals surface area (Å²) in [5, 5.41) is 2.99. The molecule has 0 saturated carbocycles. The topological polar surface area (TPSA) is 33.5 Å². The van der Waals surface area contributed by atoms with Gasteiger partial charge < -0.3 is 10.2 Å². The van der Waals surface area contributed by atoms with Crippen LogP contribution in [0.3, 0.4) is 0 Å². The van der Waals surface area contributed by atoms with E-state index in [2.05, 4.69) is 21.2 Å². The van der Waals surface area contributed by atoms with Crippen LogP contribution in [0, 0.1) is 5.82 Å². The van der Waals surface area contributed by atoms with Gasteiger partial charge in [0.1, 0.15) is 12.4 Å². The highest BCUT2D eigenvalue weighted by molar-refractivity contribution is 9.10. The predicted molar refractivity (Wildman–Crippen MR) is 92.6 cm³/mol. The summed E-state index contributed by atoms with van der Waals surface area (Å²) < 4.78 is 14.2. The maximum Gasteiger partial charge on any atom is 0.275 e. The molecule has 2 atom stereocenters. The molecule has 23 heavy (non-hydrogen) atoms. The van der Waals surface area contributed by atoms with Gasteiger partial charge in [0.2, 0.25) is 0 Å². The first-order valence-electron chi connectivity index (χ1n) is 7.54. The lowest BCUT2D eigenvalue weighted by Gasteiger charge is -2.17. The fraction of sp³-hybridized carbons (Fsp3) is 0.278. The van der Waals surface area contributed by atoms with Crippen LogP contribution < -0.4 is 10.2 Å². The number of halogens is 2. The summed E-state index contributed by atoms with van der Waals surface area (Å²) in [6.45, 7) is 2.91. The lowest BCUT2D eigenvalue weighted by atomic mass is 10.1. The molecule has 0 saturated heterocycles. The third-order valence-corrected chi connectivity index (χ3v) is 4.13. The SMILES string of the molecule is C[C@@H](NC(=O)C[NH+](C)Cc1cccc(F)c1)c1ccc(Br)cc1. The van der Waals surface area contributed by atoms with Gasteiger partial charge in [0.05, 0.1) is 13.1 Å². The van der Waals surface area contributed by atoms with Crippen LogP contribution in [0.25, 0.3) is 0 Å². The van der Waals surface area contributed by atoms with Crippen molar-refractivity contribution in [2.75, 3.05) is 13.6 Å². The summed E-state index contributed by atoms with van der Waals surface area (Å²) in [7, 11) is 1.93. The third-order valence-electron chi connectivity index (χ3n) is 3.60. The van der Waals surface area contributed by atoms with Crippen LogP contribution in [0.4, 0.5) is 4.39 Å². The predicted octanol–water partition coefficient (Wildman–Crippen LogP) is 2.48. The Morgan fingerprint density at radius 2 is 1.96 bits per heavy atom. The zero-order chi connectivity index (χ0) is 16.8. The van der Waals surface area contributed by atoms with E-state index in [1.807, 2.05) is 44.3 Å². The minimum Gasteiger partial charge on any atom is -0.345 e. The molecular formula is C18H21BrFN2O+. The number of nitrogens with one attached hydrogen (secondary N) is 2. The summed E-state index contributed by atoms with van der Waals surface area (Å²) in [5.41, 5.74) is 1.94. The van der Waals surface area contributed by atoms with Crippen molar-refractivity contribution in [1.82, 2.24) is 5.32 Å². The van der Waals surface area contributed by atoms with Crippen molar-refractivity contribution in [2.45, 2.75) is 19.5 Å². The Morgan fingerprint density at radius 1 is 1.26 bits per heavy atom. The molecule has 0 aliphatic rings. The molecular weight excluding hydrogens is 359 g/mol. The Hall–Kier alpha value is -1.72. The fourth-order valence-electron chi connectivity index (χ4n) is 2.46. The fourth-order valence-corrected chi connectivity index (χ4v) is 2.72. The van der Waals surface area contributed by atoms with Crippen molar-refractivity contribution >= 4 is 21.8 Å². The summed E-state index contributed by atoms with van der Waals surface area (Å²) in [4.78, 5) is 13.2. The first kappa shape index (κ1) is 17.6. The van der Waals surface area contributed by atoms with E-state index in [9.17, 15) is 9.18 Å². The van der Waals surface area contributed by atoms with Crippen molar-refractivity contribution in [1.29, 1.82) is 0 Å². The van der Waals surface area contributed by atoms with Crippen molar-refractivity contribution in [3.63, 3.8) is 0 Å². The highest BCUT2D eigenvalue weighted by Gasteiger charge is 2.14. The van der Waals surface area contributed by atoms with E-state index < -0.39 is 0 Å². The number of likely N-dealkylation sites (N-methyl/N-ethyl adjacent to an activating group) is 1. The van der Waals surface area contributed by atoms with Gasteiger partial charge in [0.15, 0.2) is 6.54 Å². The quantitative estimate of drug-likeness (QED) is 0.794. The lowest BCUT2D eigenvalue weighted by molar-refractivity contribution is -0.885. The summed E-state index contributed by atoms with van der Waals surface area (Å²) >= 11 is 3.40. The zero-order valence-corrected chi connectivity index (χ0v) is 14.9. The van der Waals surface area contributed by atoms with Gasteiger partial charge in [-0.05, 0) is 36.8 Å². The van der Waals surface area contributed by atoms with Crippen molar-refractivity contribution < 1.29 is 14.1 Å². The largest absolute Gasteiger partial charge is 0.345 e. The molecule has 0 heterocycles.